The Morgan fingerprint density at radius 3 is 2.65 bits per heavy atom. The lowest BCUT2D eigenvalue weighted by atomic mass is 10.1. The summed E-state index contributed by atoms with van der Waals surface area (Å²) in [6, 6.07) is 3.21. The van der Waals surface area contributed by atoms with E-state index in [-0.39, 0.29) is 17.1 Å². The van der Waals surface area contributed by atoms with Crippen LogP contribution >= 0.6 is 11.6 Å². The highest BCUT2D eigenvalue weighted by Gasteiger charge is 2.26. The smallest absolute Gasteiger partial charge is 0.254 e. The highest BCUT2D eigenvalue weighted by atomic mass is 35.5. The number of aromatic nitrogens is 1. The number of piperidine rings is 1. The van der Waals surface area contributed by atoms with Crippen LogP contribution < -0.4 is 5.32 Å². The van der Waals surface area contributed by atoms with Crippen LogP contribution in [0.15, 0.2) is 18.3 Å². The first-order valence-electron chi connectivity index (χ1n) is 6.24. The van der Waals surface area contributed by atoms with Gasteiger partial charge in [-0.05, 0) is 25.0 Å². The third-order valence-electron chi connectivity index (χ3n) is 3.26. The number of rotatable bonds is 3. The lowest BCUT2D eigenvalue weighted by Gasteiger charge is -2.30. The van der Waals surface area contributed by atoms with Crippen molar-refractivity contribution in [2.75, 3.05) is 19.3 Å². The van der Waals surface area contributed by atoms with Gasteiger partial charge in [0, 0.05) is 25.3 Å². The van der Waals surface area contributed by atoms with Gasteiger partial charge >= 0.3 is 0 Å². The van der Waals surface area contributed by atoms with Crippen molar-refractivity contribution in [1.29, 1.82) is 0 Å². The molecule has 0 bridgehead atoms. The van der Waals surface area contributed by atoms with Crippen LogP contribution in [0.3, 0.4) is 0 Å². The van der Waals surface area contributed by atoms with Crippen LogP contribution in [0.5, 0.6) is 0 Å². The second kappa shape index (κ2) is 6.07. The molecule has 1 fully saturated rings. The summed E-state index contributed by atoms with van der Waals surface area (Å²) in [6.07, 6.45) is 3.90. The molecule has 2 heterocycles. The molecular formula is C12H16ClN3O3S. The molecule has 0 atom stereocenters. The Hall–Kier alpha value is -1.18. The third kappa shape index (κ3) is 3.68. The van der Waals surface area contributed by atoms with Crippen LogP contribution in [0, 0.1) is 0 Å². The molecule has 1 aromatic rings. The number of halogens is 1. The maximum absolute atomic E-state index is 12.0. The van der Waals surface area contributed by atoms with Crippen molar-refractivity contribution in [3.8, 4) is 0 Å². The second-order valence-corrected chi connectivity index (χ2v) is 7.09. The fraction of sp³-hybridized carbons (Fsp3) is 0.500. The van der Waals surface area contributed by atoms with E-state index in [0.717, 1.165) is 0 Å². The van der Waals surface area contributed by atoms with E-state index >= 15 is 0 Å². The summed E-state index contributed by atoms with van der Waals surface area (Å²) >= 11 is 5.86. The van der Waals surface area contributed by atoms with Crippen molar-refractivity contribution in [3.63, 3.8) is 0 Å². The summed E-state index contributed by atoms with van der Waals surface area (Å²) in [7, 11) is -3.15. The molecule has 2 rings (SSSR count). The first-order chi connectivity index (χ1) is 9.38. The lowest BCUT2D eigenvalue weighted by molar-refractivity contribution is 0.0923. The molecule has 20 heavy (non-hydrogen) atoms. The summed E-state index contributed by atoms with van der Waals surface area (Å²) in [5.74, 6) is -0.277. The van der Waals surface area contributed by atoms with Gasteiger partial charge in [-0.15, -0.1) is 0 Å². The number of hydrogen-bond donors (Lipinski definition) is 1. The second-order valence-electron chi connectivity index (χ2n) is 4.75. The monoisotopic (exact) mass is 317 g/mol. The maximum atomic E-state index is 12.0. The average molecular weight is 318 g/mol. The summed E-state index contributed by atoms with van der Waals surface area (Å²) in [6.45, 7) is 0.842. The Labute approximate surface area is 123 Å². The van der Waals surface area contributed by atoms with Gasteiger partial charge in [0.15, 0.2) is 0 Å². The van der Waals surface area contributed by atoms with Gasteiger partial charge in [-0.2, -0.15) is 0 Å². The van der Waals surface area contributed by atoms with E-state index in [4.69, 9.17) is 11.6 Å². The molecule has 1 aliphatic rings. The first kappa shape index (κ1) is 15.2. The number of hydrogen-bond acceptors (Lipinski definition) is 4. The summed E-state index contributed by atoms with van der Waals surface area (Å²) in [5, 5.41) is 3.03. The minimum Gasteiger partial charge on any atom is -0.349 e. The predicted molar refractivity (Wildman–Crippen MR) is 76.2 cm³/mol. The SMILES string of the molecule is CS(=O)(=O)N1CCC(NC(=O)c2cccnc2Cl)CC1. The van der Waals surface area contributed by atoms with Gasteiger partial charge < -0.3 is 5.32 Å². The number of carbonyl (C=O) groups excluding carboxylic acids is 1. The van der Waals surface area contributed by atoms with Gasteiger partial charge in [-0.3, -0.25) is 4.79 Å². The average Bonchev–Trinajstić information content (AvgIpc) is 2.38. The molecule has 1 aliphatic heterocycles. The molecule has 0 unspecified atom stereocenters. The first-order valence-corrected chi connectivity index (χ1v) is 8.47. The number of nitrogens with one attached hydrogen (secondary N) is 1. The van der Waals surface area contributed by atoms with Gasteiger partial charge in [0.25, 0.3) is 5.91 Å². The molecule has 8 heteroatoms. The molecule has 0 aliphatic carbocycles. The number of sulfonamides is 1. The number of carbonyl (C=O) groups is 1. The number of nitrogens with zero attached hydrogens (tertiary/aromatic N) is 2. The molecular weight excluding hydrogens is 302 g/mol. The highest BCUT2D eigenvalue weighted by Crippen LogP contribution is 2.16. The van der Waals surface area contributed by atoms with Gasteiger partial charge in [-0.1, -0.05) is 11.6 Å². The van der Waals surface area contributed by atoms with E-state index in [1.807, 2.05) is 0 Å². The Bertz CT molecular complexity index is 598. The lowest BCUT2D eigenvalue weighted by Crippen LogP contribution is -2.46. The minimum absolute atomic E-state index is 0.0447. The quantitative estimate of drug-likeness (QED) is 0.840. The molecule has 0 radical (unpaired) electrons. The molecule has 0 aromatic carbocycles. The molecule has 1 amide bonds. The van der Waals surface area contributed by atoms with Crippen molar-refractivity contribution in [2.45, 2.75) is 18.9 Å². The zero-order chi connectivity index (χ0) is 14.8. The van der Waals surface area contributed by atoms with Crippen molar-refractivity contribution in [1.82, 2.24) is 14.6 Å². The normalized spacial score (nSPS) is 17.9. The Morgan fingerprint density at radius 2 is 2.10 bits per heavy atom. The van der Waals surface area contributed by atoms with Crippen molar-refractivity contribution in [3.05, 3.63) is 29.0 Å². The van der Waals surface area contributed by atoms with E-state index in [1.54, 1.807) is 12.1 Å². The Balaban J connectivity index is 1.93. The minimum atomic E-state index is -3.15. The van der Waals surface area contributed by atoms with E-state index in [1.165, 1.54) is 16.8 Å². The van der Waals surface area contributed by atoms with Crippen molar-refractivity contribution in [2.24, 2.45) is 0 Å². The van der Waals surface area contributed by atoms with Gasteiger partial charge in [-0.25, -0.2) is 17.7 Å². The summed E-state index contributed by atoms with van der Waals surface area (Å²) < 4.78 is 24.2. The largest absolute Gasteiger partial charge is 0.349 e. The zero-order valence-corrected chi connectivity index (χ0v) is 12.6. The fourth-order valence-electron chi connectivity index (χ4n) is 2.15. The topological polar surface area (TPSA) is 79.4 Å². The van der Waals surface area contributed by atoms with E-state index in [9.17, 15) is 13.2 Å². The van der Waals surface area contributed by atoms with Crippen molar-refractivity contribution >= 4 is 27.5 Å². The predicted octanol–water partition coefficient (Wildman–Crippen LogP) is 0.889. The third-order valence-corrected chi connectivity index (χ3v) is 4.87. The van der Waals surface area contributed by atoms with Crippen LogP contribution in [0.2, 0.25) is 5.15 Å². The molecule has 1 N–H and O–H groups in total. The molecule has 6 nitrogen and oxygen atoms in total. The van der Waals surface area contributed by atoms with E-state index in [2.05, 4.69) is 10.3 Å². The number of pyridine rings is 1. The summed E-state index contributed by atoms with van der Waals surface area (Å²) in [4.78, 5) is 15.9. The molecule has 1 saturated heterocycles. The Kier molecular flexibility index (Phi) is 4.62. The van der Waals surface area contributed by atoms with Crippen LogP contribution in [0.1, 0.15) is 23.2 Å². The fourth-order valence-corrected chi connectivity index (χ4v) is 3.23. The molecule has 0 saturated carbocycles. The van der Waals surface area contributed by atoms with E-state index in [0.29, 0.717) is 31.5 Å². The van der Waals surface area contributed by atoms with Crippen LogP contribution in [-0.2, 0) is 10.0 Å². The van der Waals surface area contributed by atoms with Gasteiger partial charge in [0.1, 0.15) is 5.15 Å². The van der Waals surface area contributed by atoms with E-state index < -0.39 is 10.0 Å². The molecule has 110 valence electrons. The zero-order valence-electron chi connectivity index (χ0n) is 11.0. The number of amides is 1. The Morgan fingerprint density at radius 1 is 1.45 bits per heavy atom. The molecule has 1 aromatic heterocycles. The highest BCUT2D eigenvalue weighted by molar-refractivity contribution is 7.88. The maximum Gasteiger partial charge on any atom is 0.254 e. The molecule has 0 spiro atoms. The van der Waals surface area contributed by atoms with Gasteiger partial charge in [0.05, 0.1) is 11.8 Å². The van der Waals surface area contributed by atoms with Crippen LogP contribution in [-0.4, -0.2) is 49.0 Å². The summed E-state index contributed by atoms with van der Waals surface area (Å²) in [5.41, 5.74) is 0.333. The van der Waals surface area contributed by atoms with Crippen LogP contribution in [0.25, 0.3) is 0 Å². The standard InChI is InChI=1S/C12H16ClN3O3S/c1-20(18,19)16-7-4-9(5-8-16)15-12(17)10-3-2-6-14-11(10)13/h2-3,6,9H,4-5,7-8H2,1H3,(H,15,17). The van der Waals surface area contributed by atoms with Crippen LogP contribution in [0.4, 0.5) is 0 Å². The van der Waals surface area contributed by atoms with Crippen molar-refractivity contribution < 1.29 is 13.2 Å². The van der Waals surface area contributed by atoms with Gasteiger partial charge in [0.2, 0.25) is 10.0 Å².